The number of nitrogens with zero attached hydrogens (tertiary/aromatic N) is 4. The first-order chi connectivity index (χ1) is 23.1. The summed E-state index contributed by atoms with van der Waals surface area (Å²) in [6.07, 6.45) is 4.72. The first-order valence-electron chi connectivity index (χ1n) is 16.8. The molecule has 1 unspecified atom stereocenters. The molecule has 48 heavy (non-hydrogen) atoms. The van der Waals surface area contributed by atoms with Gasteiger partial charge in [0, 0.05) is 50.1 Å². The molecule has 5 rings (SSSR count). The number of benzene rings is 2. The van der Waals surface area contributed by atoms with Gasteiger partial charge in [-0.25, -0.2) is 9.78 Å². The van der Waals surface area contributed by atoms with E-state index in [-0.39, 0.29) is 24.5 Å². The molecule has 1 saturated heterocycles. The molecule has 1 aliphatic heterocycles. The molecule has 1 fully saturated rings. The summed E-state index contributed by atoms with van der Waals surface area (Å²) in [4.78, 5) is 29.2. The number of rotatable bonds is 13. The highest BCUT2D eigenvalue weighted by molar-refractivity contribution is 5.73. The molecule has 2 aliphatic rings. The highest BCUT2D eigenvalue weighted by Gasteiger charge is 2.32. The fourth-order valence-electron chi connectivity index (χ4n) is 6.12. The first kappa shape index (κ1) is 35.0. The Morgan fingerprint density at radius 1 is 1.08 bits per heavy atom. The third-order valence-corrected chi connectivity index (χ3v) is 8.25. The summed E-state index contributed by atoms with van der Waals surface area (Å²) in [5.74, 6) is 1.09. The summed E-state index contributed by atoms with van der Waals surface area (Å²) in [6, 6.07) is 20.8. The van der Waals surface area contributed by atoms with Crippen LogP contribution >= 0.6 is 0 Å². The van der Waals surface area contributed by atoms with Gasteiger partial charge in [0.25, 0.3) is 0 Å². The van der Waals surface area contributed by atoms with E-state index >= 15 is 0 Å². The van der Waals surface area contributed by atoms with Crippen molar-refractivity contribution in [3.05, 3.63) is 89.6 Å². The van der Waals surface area contributed by atoms with E-state index in [4.69, 9.17) is 29.2 Å². The van der Waals surface area contributed by atoms with Crippen LogP contribution in [0.25, 0.3) is 0 Å². The monoisotopic (exact) mass is 656 g/mol. The van der Waals surface area contributed by atoms with Crippen molar-refractivity contribution in [2.75, 3.05) is 36.5 Å². The predicted molar refractivity (Wildman–Crippen MR) is 188 cm³/mol. The number of hydrogen-bond donors (Lipinski definition) is 3. The van der Waals surface area contributed by atoms with Gasteiger partial charge in [-0.3, -0.25) is 10.3 Å². The Morgan fingerprint density at radius 3 is 2.40 bits per heavy atom. The van der Waals surface area contributed by atoms with Gasteiger partial charge in [-0.2, -0.15) is 4.98 Å². The van der Waals surface area contributed by atoms with Crippen LogP contribution in [0.3, 0.4) is 0 Å². The van der Waals surface area contributed by atoms with Gasteiger partial charge in [0.05, 0.1) is 17.9 Å². The zero-order chi connectivity index (χ0) is 34.1. The van der Waals surface area contributed by atoms with Crippen LogP contribution in [0.15, 0.2) is 77.8 Å². The third-order valence-electron chi connectivity index (χ3n) is 8.25. The van der Waals surface area contributed by atoms with E-state index in [0.717, 1.165) is 12.1 Å². The number of aliphatic hydroxyl groups excluding tert-OH is 1. The first-order valence-corrected chi connectivity index (χ1v) is 16.8. The van der Waals surface area contributed by atoms with E-state index in [9.17, 15) is 9.90 Å². The molecule has 0 amide bonds. The van der Waals surface area contributed by atoms with Crippen molar-refractivity contribution in [2.45, 2.75) is 83.5 Å². The fourth-order valence-corrected chi connectivity index (χ4v) is 6.12. The van der Waals surface area contributed by atoms with Gasteiger partial charge in [0.1, 0.15) is 11.8 Å². The summed E-state index contributed by atoms with van der Waals surface area (Å²) < 4.78 is 16.2. The zero-order valence-electron chi connectivity index (χ0n) is 28.5. The molecule has 256 valence electrons. The van der Waals surface area contributed by atoms with Gasteiger partial charge < -0.3 is 29.5 Å². The van der Waals surface area contributed by atoms with Gasteiger partial charge in [0.2, 0.25) is 12.4 Å². The van der Waals surface area contributed by atoms with Crippen molar-refractivity contribution in [1.82, 2.24) is 15.3 Å². The number of allylic oxidation sites excluding steroid dienone is 1. The minimum atomic E-state index is -1.09. The average molecular weight is 657 g/mol. The lowest BCUT2D eigenvalue weighted by Crippen LogP contribution is -2.44. The molecule has 4 atom stereocenters. The van der Waals surface area contributed by atoms with E-state index in [1.54, 1.807) is 13.1 Å². The van der Waals surface area contributed by atoms with Crippen LogP contribution in [0, 0.1) is 0 Å². The maximum atomic E-state index is 12.1. The van der Waals surface area contributed by atoms with Crippen LogP contribution in [0.1, 0.15) is 76.1 Å². The largest absolute Gasteiger partial charge is 0.508 e. The second-order valence-corrected chi connectivity index (χ2v) is 13.0. The Balaban J connectivity index is 1.46. The van der Waals surface area contributed by atoms with Crippen LogP contribution in [0.4, 0.5) is 22.2 Å². The van der Waals surface area contributed by atoms with Crippen molar-refractivity contribution < 1.29 is 24.1 Å². The van der Waals surface area contributed by atoms with Crippen LogP contribution < -0.4 is 15.5 Å². The number of ether oxygens (including phenoxy) is 3. The molecule has 3 aromatic rings. The summed E-state index contributed by atoms with van der Waals surface area (Å²) in [7, 11) is 0. The lowest BCUT2D eigenvalue weighted by Gasteiger charge is -2.27. The molecule has 0 radical (unpaired) electrons. The molecule has 0 saturated carbocycles. The van der Waals surface area contributed by atoms with Gasteiger partial charge in [-0.05, 0) is 58.2 Å². The Bertz CT molecular complexity index is 1510. The van der Waals surface area contributed by atoms with E-state index in [2.05, 4.69) is 64.1 Å². The maximum Gasteiger partial charge on any atom is 0.508 e. The van der Waals surface area contributed by atoms with E-state index in [0.29, 0.717) is 43.5 Å². The molecule has 11 heteroatoms. The van der Waals surface area contributed by atoms with Crippen molar-refractivity contribution in [2.24, 2.45) is 4.99 Å². The molecule has 1 aromatic heterocycles. The zero-order valence-corrected chi connectivity index (χ0v) is 28.5. The number of hydrogen-bond acceptors (Lipinski definition) is 11. The normalized spacial score (nSPS) is 20.1. The number of anilines is 2. The van der Waals surface area contributed by atoms with Crippen LogP contribution in [-0.2, 0) is 14.2 Å². The predicted octanol–water partition coefficient (Wildman–Crippen LogP) is 6.29. The quantitative estimate of drug-likeness (QED) is 0.0836. The number of aromatic nitrogens is 2. The van der Waals surface area contributed by atoms with Gasteiger partial charge in [-0.1, -0.05) is 66.7 Å². The summed E-state index contributed by atoms with van der Waals surface area (Å²) >= 11 is 0. The summed E-state index contributed by atoms with van der Waals surface area (Å²) in [5.41, 5.74) is 3.28. The van der Waals surface area contributed by atoms with Crippen molar-refractivity contribution in [3.8, 4) is 0 Å². The topological polar surface area (TPSA) is 130 Å². The van der Waals surface area contributed by atoms with E-state index in [1.165, 1.54) is 11.1 Å². The second kappa shape index (κ2) is 16.2. The summed E-state index contributed by atoms with van der Waals surface area (Å²) in [5, 5.41) is 17.3. The van der Waals surface area contributed by atoms with Crippen LogP contribution in [-0.4, -0.2) is 77.8 Å². The third kappa shape index (κ3) is 9.40. The number of aliphatic imine (C=N–C) groups is 1. The minimum Gasteiger partial charge on any atom is -0.435 e. The maximum absolute atomic E-state index is 12.1. The van der Waals surface area contributed by atoms with Gasteiger partial charge in [0.15, 0.2) is 5.82 Å². The Hall–Kier alpha value is -4.32. The minimum absolute atomic E-state index is 0.0200. The summed E-state index contributed by atoms with van der Waals surface area (Å²) in [6.45, 7) is 11.4. The lowest BCUT2D eigenvalue weighted by atomic mass is 9.91. The standard InChI is InChI=1S/C37H48N6O5/c1-6-38-32-31(27-18-19-29(22-27)47-36(45)46-7-2)41-34(43-21-20-28(24-43)40-35(44)48-37(3,4)5)42-33(32)39-23-30(25-14-10-8-11-15-25)26-16-12-9-13-17-26/h6,8-19,27-30,35,40,44H,7,20-24H2,1-5H3,(H,39,41,42)/t27-,28+,29+,35?/m0/s1. The average Bonchev–Trinajstić information content (AvgIpc) is 3.72. The van der Waals surface area contributed by atoms with E-state index in [1.807, 2.05) is 52.0 Å². The molecule has 0 bridgehead atoms. The van der Waals surface area contributed by atoms with Crippen LogP contribution in [0.5, 0.6) is 0 Å². The fraction of sp³-hybridized carbons (Fsp3) is 0.459. The molecule has 0 spiro atoms. The van der Waals surface area contributed by atoms with Crippen LogP contribution in [0.2, 0.25) is 0 Å². The second-order valence-electron chi connectivity index (χ2n) is 13.0. The number of aliphatic hydroxyl groups is 1. The number of nitrogens with one attached hydrogen (secondary N) is 2. The lowest BCUT2D eigenvalue weighted by molar-refractivity contribution is -0.184. The Kier molecular flexibility index (Phi) is 11.8. The smallest absolute Gasteiger partial charge is 0.435 e. The van der Waals surface area contributed by atoms with Gasteiger partial charge in [-0.15, -0.1) is 0 Å². The highest BCUT2D eigenvalue weighted by atomic mass is 16.7. The van der Waals surface area contributed by atoms with Crippen molar-refractivity contribution >= 4 is 29.8 Å². The van der Waals surface area contributed by atoms with Crippen molar-refractivity contribution in [1.29, 1.82) is 0 Å². The Morgan fingerprint density at radius 2 is 1.77 bits per heavy atom. The Labute approximate surface area is 283 Å². The molecule has 3 N–H and O–H groups in total. The highest BCUT2D eigenvalue weighted by Crippen LogP contribution is 2.40. The number of carbonyl (C=O) groups is 1. The molecular formula is C37H48N6O5. The van der Waals surface area contributed by atoms with Crippen molar-refractivity contribution in [3.63, 3.8) is 0 Å². The molecule has 11 nitrogen and oxygen atoms in total. The number of carbonyl (C=O) groups excluding carboxylic acids is 1. The van der Waals surface area contributed by atoms with Gasteiger partial charge >= 0.3 is 6.16 Å². The SMILES string of the molecule is CC=Nc1c(NCC(c2ccccc2)c2ccccc2)nc(N2CC[C@@H](NC(O)OC(C)(C)C)C2)nc1[C@H]1C=C[C@@H](OC(=O)OCC)C1. The van der Waals surface area contributed by atoms with E-state index < -0.39 is 24.3 Å². The molecular weight excluding hydrogens is 608 g/mol. The molecule has 2 aromatic carbocycles. The molecule has 2 heterocycles. The molecule has 1 aliphatic carbocycles.